The second kappa shape index (κ2) is 7.90. The standard InChI is InChI=1S/C16H25N3O/c17-10-13-6-8-15(9-7-13)12-19-16(20)18-11-14-4-2-1-3-5-14/h6-9,14H,1-5,10-12,17H2,(H2,18,19,20). The van der Waals surface area contributed by atoms with Crippen molar-refractivity contribution in [3.05, 3.63) is 35.4 Å². The average molecular weight is 275 g/mol. The van der Waals surface area contributed by atoms with Gasteiger partial charge >= 0.3 is 6.03 Å². The first-order chi connectivity index (χ1) is 9.78. The first kappa shape index (κ1) is 14.9. The molecule has 0 radical (unpaired) electrons. The van der Waals surface area contributed by atoms with E-state index in [4.69, 9.17) is 5.73 Å². The smallest absolute Gasteiger partial charge is 0.315 e. The fraction of sp³-hybridized carbons (Fsp3) is 0.562. The van der Waals surface area contributed by atoms with E-state index >= 15 is 0 Å². The Morgan fingerprint density at radius 2 is 1.70 bits per heavy atom. The highest BCUT2D eigenvalue weighted by Crippen LogP contribution is 2.22. The number of urea groups is 1. The molecule has 1 aromatic rings. The van der Waals surface area contributed by atoms with Crippen LogP contribution in [0, 0.1) is 5.92 Å². The molecule has 20 heavy (non-hydrogen) atoms. The zero-order valence-corrected chi connectivity index (χ0v) is 12.0. The second-order valence-corrected chi connectivity index (χ2v) is 5.59. The van der Waals surface area contributed by atoms with Gasteiger partial charge in [0.2, 0.25) is 0 Å². The lowest BCUT2D eigenvalue weighted by molar-refractivity contribution is 0.236. The first-order valence-corrected chi connectivity index (χ1v) is 7.57. The van der Waals surface area contributed by atoms with E-state index in [0.29, 0.717) is 19.0 Å². The summed E-state index contributed by atoms with van der Waals surface area (Å²) in [5.41, 5.74) is 7.75. The van der Waals surface area contributed by atoms with Crippen LogP contribution < -0.4 is 16.4 Å². The van der Waals surface area contributed by atoms with Crippen molar-refractivity contribution in [2.75, 3.05) is 6.54 Å². The van der Waals surface area contributed by atoms with Gasteiger partial charge in [-0.05, 0) is 29.9 Å². The van der Waals surface area contributed by atoms with Gasteiger partial charge in [-0.2, -0.15) is 0 Å². The summed E-state index contributed by atoms with van der Waals surface area (Å²) in [6, 6.07) is 7.93. The van der Waals surface area contributed by atoms with E-state index in [0.717, 1.165) is 17.7 Å². The number of amides is 2. The molecule has 2 amide bonds. The number of hydrogen-bond donors (Lipinski definition) is 3. The topological polar surface area (TPSA) is 67.1 Å². The number of nitrogens with one attached hydrogen (secondary N) is 2. The van der Waals surface area contributed by atoms with Crippen LogP contribution in [0.5, 0.6) is 0 Å². The van der Waals surface area contributed by atoms with E-state index < -0.39 is 0 Å². The summed E-state index contributed by atoms with van der Waals surface area (Å²) in [4.78, 5) is 11.7. The van der Waals surface area contributed by atoms with Crippen LogP contribution in [0.25, 0.3) is 0 Å². The molecule has 1 saturated carbocycles. The Kier molecular flexibility index (Phi) is 5.87. The predicted octanol–water partition coefficient (Wildman–Crippen LogP) is 2.52. The maximum Gasteiger partial charge on any atom is 0.315 e. The van der Waals surface area contributed by atoms with Gasteiger partial charge in [-0.15, -0.1) is 0 Å². The quantitative estimate of drug-likeness (QED) is 0.773. The lowest BCUT2D eigenvalue weighted by Crippen LogP contribution is -2.38. The van der Waals surface area contributed by atoms with E-state index in [-0.39, 0.29) is 6.03 Å². The summed E-state index contributed by atoms with van der Waals surface area (Å²) >= 11 is 0. The fourth-order valence-electron chi connectivity index (χ4n) is 2.67. The number of carbonyl (C=O) groups is 1. The van der Waals surface area contributed by atoms with E-state index in [1.807, 2.05) is 24.3 Å². The van der Waals surface area contributed by atoms with Crippen LogP contribution in [-0.2, 0) is 13.1 Å². The molecule has 4 nitrogen and oxygen atoms in total. The lowest BCUT2D eigenvalue weighted by atomic mass is 9.89. The Balaban J connectivity index is 1.66. The third-order valence-corrected chi connectivity index (χ3v) is 3.99. The molecule has 4 heteroatoms. The van der Waals surface area contributed by atoms with Crippen molar-refractivity contribution in [3.8, 4) is 0 Å². The number of rotatable bonds is 5. The number of carbonyl (C=O) groups excluding carboxylic acids is 1. The largest absolute Gasteiger partial charge is 0.338 e. The first-order valence-electron chi connectivity index (χ1n) is 7.57. The number of nitrogens with two attached hydrogens (primary N) is 1. The molecule has 1 aliphatic carbocycles. The fourth-order valence-corrected chi connectivity index (χ4v) is 2.67. The van der Waals surface area contributed by atoms with Gasteiger partial charge < -0.3 is 16.4 Å². The molecule has 0 atom stereocenters. The van der Waals surface area contributed by atoms with Crippen molar-refractivity contribution in [2.24, 2.45) is 11.7 Å². The molecule has 1 aromatic carbocycles. The van der Waals surface area contributed by atoms with Gasteiger partial charge in [0, 0.05) is 19.6 Å². The van der Waals surface area contributed by atoms with E-state index in [1.165, 1.54) is 32.1 Å². The molecular weight excluding hydrogens is 250 g/mol. The summed E-state index contributed by atoms with van der Waals surface area (Å²) in [6.45, 7) is 1.91. The summed E-state index contributed by atoms with van der Waals surface area (Å²) in [6.07, 6.45) is 6.46. The monoisotopic (exact) mass is 275 g/mol. The molecule has 2 rings (SSSR count). The van der Waals surface area contributed by atoms with Gasteiger partial charge in [-0.25, -0.2) is 4.79 Å². The molecule has 0 aliphatic heterocycles. The molecule has 0 heterocycles. The minimum Gasteiger partial charge on any atom is -0.338 e. The number of benzene rings is 1. The normalized spacial score (nSPS) is 15.8. The average Bonchev–Trinajstić information content (AvgIpc) is 2.52. The molecule has 1 aliphatic rings. The van der Waals surface area contributed by atoms with Crippen molar-refractivity contribution in [1.82, 2.24) is 10.6 Å². The molecular formula is C16H25N3O. The predicted molar refractivity (Wildman–Crippen MR) is 81.1 cm³/mol. The maximum atomic E-state index is 11.7. The van der Waals surface area contributed by atoms with Gasteiger partial charge in [0.15, 0.2) is 0 Å². The van der Waals surface area contributed by atoms with Crippen LogP contribution in [-0.4, -0.2) is 12.6 Å². The summed E-state index contributed by atoms with van der Waals surface area (Å²) in [7, 11) is 0. The van der Waals surface area contributed by atoms with Crippen molar-refractivity contribution < 1.29 is 4.79 Å². The molecule has 0 spiro atoms. The van der Waals surface area contributed by atoms with E-state index in [9.17, 15) is 4.79 Å². The van der Waals surface area contributed by atoms with Crippen LogP contribution in [0.15, 0.2) is 24.3 Å². The third kappa shape index (κ3) is 4.85. The minimum atomic E-state index is -0.0709. The SMILES string of the molecule is NCc1ccc(CNC(=O)NCC2CCCCC2)cc1. The van der Waals surface area contributed by atoms with Crippen LogP contribution in [0.2, 0.25) is 0 Å². The third-order valence-electron chi connectivity index (χ3n) is 3.99. The molecule has 110 valence electrons. The zero-order chi connectivity index (χ0) is 14.2. The molecule has 0 saturated heterocycles. The van der Waals surface area contributed by atoms with Crippen LogP contribution in [0.1, 0.15) is 43.2 Å². The Hall–Kier alpha value is -1.55. The Labute approximate surface area is 121 Å². The van der Waals surface area contributed by atoms with Gasteiger partial charge in [0.1, 0.15) is 0 Å². The van der Waals surface area contributed by atoms with Gasteiger partial charge in [0.05, 0.1) is 0 Å². The highest BCUT2D eigenvalue weighted by Gasteiger charge is 2.13. The van der Waals surface area contributed by atoms with Gasteiger partial charge in [-0.3, -0.25) is 0 Å². The second-order valence-electron chi connectivity index (χ2n) is 5.59. The molecule has 0 bridgehead atoms. The van der Waals surface area contributed by atoms with Crippen LogP contribution in [0.4, 0.5) is 4.79 Å². The van der Waals surface area contributed by atoms with E-state index in [2.05, 4.69) is 10.6 Å². The number of hydrogen-bond acceptors (Lipinski definition) is 2. The van der Waals surface area contributed by atoms with Gasteiger partial charge in [-0.1, -0.05) is 43.5 Å². The van der Waals surface area contributed by atoms with Crippen molar-refractivity contribution in [3.63, 3.8) is 0 Å². The zero-order valence-electron chi connectivity index (χ0n) is 12.0. The van der Waals surface area contributed by atoms with Gasteiger partial charge in [0.25, 0.3) is 0 Å². The Bertz CT molecular complexity index is 410. The Morgan fingerprint density at radius 3 is 2.35 bits per heavy atom. The van der Waals surface area contributed by atoms with E-state index in [1.54, 1.807) is 0 Å². The lowest BCUT2D eigenvalue weighted by Gasteiger charge is -2.21. The summed E-state index contributed by atoms with van der Waals surface area (Å²) in [5.74, 6) is 0.665. The highest BCUT2D eigenvalue weighted by molar-refractivity contribution is 5.73. The summed E-state index contributed by atoms with van der Waals surface area (Å²) < 4.78 is 0. The molecule has 4 N–H and O–H groups in total. The van der Waals surface area contributed by atoms with Crippen molar-refractivity contribution in [2.45, 2.75) is 45.2 Å². The maximum absolute atomic E-state index is 11.7. The van der Waals surface area contributed by atoms with Crippen molar-refractivity contribution in [1.29, 1.82) is 0 Å². The Morgan fingerprint density at radius 1 is 1.05 bits per heavy atom. The molecule has 0 aromatic heterocycles. The van der Waals surface area contributed by atoms with Crippen LogP contribution >= 0.6 is 0 Å². The van der Waals surface area contributed by atoms with Crippen molar-refractivity contribution >= 4 is 6.03 Å². The summed E-state index contributed by atoms with van der Waals surface area (Å²) in [5, 5.41) is 5.87. The molecule has 0 unspecified atom stereocenters. The highest BCUT2D eigenvalue weighted by atomic mass is 16.2. The minimum absolute atomic E-state index is 0.0709. The van der Waals surface area contributed by atoms with Crippen LogP contribution in [0.3, 0.4) is 0 Å². The molecule has 1 fully saturated rings.